The van der Waals surface area contributed by atoms with E-state index in [1.165, 1.54) is 6.07 Å². The minimum Gasteiger partial charge on any atom is -0.506 e. The molecule has 3 N–H and O–H groups in total. The number of nitrogens with zero attached hydrogens (tertiary/aromatic N) is 1. The number of phenolic OH excluding ortho intramolecular Hbond substituents is 1. The van der Waals surface area contributed by atoms with Gasteiger partial charge in [0.15, 0.2) is 5.75 Å². The number of benzene rings is 1. The molecule has 0 saturated carbocycles. The molecule has 0 saturated heterocycles. The second-order valence-electron chi connectivity index (χ2n) is 3.23. The van der Waals surface area contributed by atoms with Crippen molar-refractivity contribution in [1.82, 2.24) is 4.98 Å². The third-order valence-electron chi connectivity index (χ3n) is 2.02. The van der Waals surface area contributed by atoms with E-state index in [-0.39, 0.29) is 17.3 Å². The van der Waals surface area contributed by atoms with Gasteiger partial charge < -0.3 is 15.6 Å². The lowest BCUT2D eigenvalue weighted by atomic mass is 10.3. The minimum absolute atomic E-state index is 0.0456. The average molecular weight is 316 g/mol. The summed E-state index contributed by atoms with van der Waals surface area (Å²) in [4.78, 5) is 4.01. The molecule has 0 unspecified atom stereocenters. The normalized spacial score (nSPS) is 10.2. The SMILES string of the molecule is Nc1c(O)cccc1Oc1ncc(Br)cc1Cl. The highest BCUT2D eigenvalue weighted by Gasteiger charge is 2.09. The summed E-state index contributed by atoms with van der Waals surface area (Å²) in [6.45, 7) is 0. The minimum atomic E-state index is -0.0456. The van der Waals surface area contributed by atoms with Crippen molar-refractivity contribution < 1.29 is 9.84 Å². The third kappa shape index (κ3) is 2.62. The molecule has 1 heterocycles. The van der Waals surface area contributed by atoms with Gasteiger partial charge in [-0.2, -0.15) is 0 Å². The summed E-state index contributed by atoms with van der Waals surface area (Å²) in [6.07, 6.45) is 1.56. The molecule has 1 aromatic carbocycles. The first kappa shape index (κ1) is 12.0. The van der Waals surface area contributed by atoms with Gasteiger partial charge in [0, 0.05) is 10.7 Å². The Morgan fingerprint density at radius 1 is 1.41 bits per heavy atom. The Hall–Kier alpha value is -1.46. The molecule has 0 bridgehead atoms. The number of aromatic hydroxyl groups is 1. The summed E-state index contributed by atoms with van der Waals surface area (Å²) in [6, 6.07) is 6.37. The summed E-state index contributed by atoms with van der Waals surface area (Å²) < 4.78 is 6.18. The topological polar surface area (TPSA) is 68.4 Å². The summed E-state index contributed by atoms with van der Waals surface area (Å²) in [7, 11) is 0. The standard InChI is InChI=1S/C11H8BrClN2O2/c12-6-4-7(13)11(15-5-6)17-9-3-1-2-8(16)10(9)14/h1-5,16H,14H2. The molecule has 0 fully saturated rings. The fourth-order valence-electron chi connectivity index (χ4n) is 1.20. The van der Waals surface area contributed by atoms with E-state index in [1.807, 2.05) is 0 Å². The van der Waals surface area contributed by atoms with Crippen molar-refractivity contribution in [3.05, 3.63) is 40.0 Å². The van der Waals surface area contributed by atoms with Gasteiger partial charge in [0.1, 0.15) is 16.5 Å². The maximum Gasteiger partial charge on any atom is 0.238 e. The van der Waals surface area contributed by atoms with E-state index < -0.39 is 0 Å². The zero-order valence-electron chi connectivity index (χ0n) is 8.52. The van der Waals surface area contributed by atoms with Crippen LogP contribution in [0.4, 0.5) is 5.69 Å². The Bertz CT molecular complexity index is 563. The molecule has 6 heteroatoms. The smallest absolute Gasteiger partial charge is 0.238 e. The Morgan fingerprint density at radius 3 is 2.88 bits per heavy atom. The molecular formula is C11H8BrClN2O2. The van der Waals surface area contributed by atoms with E-state index in [0.717, 1.165) is 4.47 Å². The van der Waals surface area contributed by atoms with E-state index in [0.29, 0.717) is 10.8 Å². The van der Waals surface area contributed by atoms with Crippen LogP contribution in [0.2, 0.25) is 5.02 Å². The summed E-state index contributed by atoms with van der Waals surface area (Å²) >= 11 is 9.19. The second kappa shape index (κ2) is 4.81. The average Bonchev–Trinajstić information content (AvgIpc) is 2.28. The lowest BCUT2D eigenvalue weighted by Crippen LogP contribution is -1.94. The molecule has 0 aliphatic heterocycles. The molecule has 2 rings (SSSR count). The first-order valence-corrected chi connectivity index (χ1v) is 5.81. The van der Waals surface area contributed by atoms with E-state index in [1.54, 1.807) is 24.4 Å². The Labute approximate surface area is 111 Å². The molecule has 0 radical (unpaired) electrons. The number of phenols is 1. The number of para-hydroxylation sites is 1. The van der Waals surface area contributed by atoms with E-state index >= 15 is 0 Å². The van der Waals surface area contributed by atoms with Crippen LogP contribution in [-0.4, -0.2) is 10.1 Å². The maximum atomic E-state index is 9.43. The van der Waals surface area contributed by atoms with Crippen LogP contribution in [0, 0.1) is 0 Å². The van der Waals surface area contributed by atoms with Crippen LogP contribution in [0.1, 0.15) is 0 Å². The van der Waals surface area contributed by atoms with Crippen molar-refractivity contribution in [1.29, 1.82) is 0 Å². The number of halogens is 2. The number of anilines is 1. The van der Waals surface area contributed by atoms with Crippen molar-refractivity contribution >= 4 is 33.2 Å². The summed E-state index contributed by atoms with van der Waals surface area (Å²) in [5.41, 5.74) is 5.80. The van der Waals surface area contributed by atoms with Gasteiger partial charge >= 0.3 is 0 Å². The number of ether oxygens (including phenoxy) is 1. The Balaban J connectivity index is 2.35. The lowest BCUT2D eigenvalue weighted by Gasteiger charge is -2.09. The Morgan fingerprint density at radius 2 is 2.18 bits per heavy atom. The van der Waals surface area contributed by atoms with Crippen molar-refractivity contribution in [2.75, 3.05) is 5.73 Å². The van der Waals surface area contributed by atoms with Crippen molar-refractivity contribution in [3.63, 3.8) is 0 Å². The van der Waals surface area contributed by atoms with E-state index in [9.17, 15) is 5.11 Å². The monoisotopic (exact) mass is 314 g/mol. The van der Waals surface area contributed by atoms with Crippen LogP contribution < -0.4 is 10.5 Å². The molecule has 4 nitrogen and oxygen atoms in total. The molecule has 1 aromatic heterocycles. The van der Waals surface area contributed by atoms with Gasteiger partial charge in [0.05, 0.1) is 0 Å². The van der Waals surface area contributed by atoms with Crippen LogP contribution >= 0.6 is 27.5 Å². The summed E-state index contributed by atoms with van der Waals surface area (Å²) in [5.74, 6) is 0.490. The molecule has 88 valence electrons. The maximum absolute atomic E-state index is 9.43. The van der Waals surface area contributed by atoms with E-state index in [2.05, 4.69) is 20.9 Å². The number of pyridine rings is 1. The van der Waals surface area contributed by atoms with Gasteiger partial charge in [-0.25, -0.2) is 4.98 Å². The van der Waals surface area contributed by atoms with Gasteiger partial charge in [-0.1, -0.05) is 17.7 Å². The molecule has 0 atom stereocenters. The number of aromatic nitrogens is 1. The fraction of sp³-hybridized carbons (Fsp3) is 0. The number of hydrogen-bond donors (Lipinski definition) is 2. The number of rotatable bonds is 2. The van der Waals surface area contributed by atoms with Gasteiger partial charge in [0.25, 0.3) is 0 Å². The predicted molar refractivity (Wildman–Crippen MR) is 69.5 cm³/mol. The van der Waals surface area contributed by atoms with E-state index in [4.69, 9.17) is 22.1 Å². The Kier molecular flexibility index (Phi) is 3.40. The zero-order chi connectivity index (χ0) is 12.4. The molecule has 0 aliphatic carbocycles. The number of nitrogen functional groups attached to an aromatic ring is 1. The van der Waals surface area contributed by atoms with Crippen LogP contribution in [0.25, 0.3) is 0 Å². The highest BCUT2D eigenvalue weighted by atomic mass is 79.9. The molecular weight excluding hydrogens is 307 g/mol. The molecule has 17 heavy (non-hydrogen) atoms. The molecule has 0 amide bonds. The lowest BCUT2D eigenvalue weighted by molar-refractivity contribution is 0.450. The third-order valence-corrected chi connectivity index (χ3v) is 2.73. The van der Waals surface area contributed by atoms with Crippen molar-refractivity contribution in [2.45, 2.75) is 0 Å². The van der Waals surface area contributed by atoms with Crippen molar-refractivity contribution in [3.8, 4) is 17.4 Å². The quantitative estimate of drug-likeness (QED) is 0.656. The van der Waals surface area contributed by atoms with Crippen LogP contribution in [0.3, 0.4) is 0 Å². The van der Waals surface area contributed by atoms with Crippen LogP contribution in [-0.2, 0) is 0 Å². The van der Waals surface area contributed by atoms with Gasteiger partial charge in [-0.3, -0.25) is 0 Å². The fourth-order valence-corrected chi connectivity index (χ4v) is 1.87. The second-order valence-corrected chi connectivity index (χ2v) is 4.55. The molecule has 0 spiro atoms. The van der Waals surface area contributed by atoms with Crippen LogP contribution in [0.15, 0.2) is 34.9 Å². The summed E-state index contributed by atoms with van der Waals surface area (Å²) in [5, 5.41) is 9.77. The first-order valence-electron chi connectivity index (χ1n) is 4.64. The highest BCUT2D eigenvalue weighted by molar-refractivity contribution is 9.10. The van der Waals surface area contributed by atoms with Crippen LogP contribution in [0.5, 0.6) is 17.4 Å². The largest absolute Gasteiger partial charge is 0.506 e. The molecule has 2 aromatic rings. The predicted octanol–water partition coefficient (Wildman–Crippen LogP) is 3.58. The van der Waals surface area contributed by atoms with Gasteiger partial charge in [-0.15, -0.1) is 0 Å². The number of nitrogens with two attached hydrogens (primary N) is 1. The number of hydrogen-bond acceptors (Lipinski definition) is 4. The first-order chi connectivity index (χ1) is 8.08. The van der Waals surface area contributed by atoms with Crippen molar-refractivity contribution in [2.24, 2.45) is 0 Å². The molecule has 0 aliphatic rings. The zero-order valence-corrected chi connectivity index (χ0v) is 10.9. The highest BCUT2D eigenvalue weighted by Crippen LogP contribution is 2.35. The van der Waals surface area contributed by atoms with Gasteiger partial charge in [0.2, 0.25) is 5.88 Å². The van der Waals surface area contributed by atoms with Gasteiger partial charge in [-0.05, 0) is 34.1 Å².